The molecule has 0 aliphatic heterocycles. The first-order chi connectivity index (χ1) is 13.2. The van der Waals surface area contributed by atoms with Gasteiger partial charge < -0.3 is 14.5 Å². The van der Waals surface area contributed by atoms with Crippen molar-refractivity contribution in [2.24, 2.45) is 0 Å². The number of furan rings is 1. The summed E-state index contributed by atoms with van der Waals surface area (Å²) in [6.07, 6.45) is 1.97. The van der Waals surface area contributed by atoms with Gasteiger partial charge in [0.15, 0.2) is 0 Å². The summed E-state index contributed by atoms with van der Waals surface area (Å²) < 4.78 is 11.0. The van der Waals surface area contributed by atoms with Gasteiger partial charge in [-0.2, -0.15) is 0 Å². The van der Waals surface area contributed by atoms with Crippen molar-refractivity contribution in [3.8, 4) is 5.75 Å². The summed E-state index contributed by atoms with van der Waals surface area (Å²) in [5, 5.41) is 6.24. The molecule has 0 radical (unpaired) electrons. The Hall–Kier alpha value is -3.27. The lowest BCUT2D eigenvalue weighted by molar-refractivity contribution is -0.120. The monoisotopic (exact) mass is 359 g/mol. The molecule has 0 aliphatic carbocycles. The number of amides is 1. The summed E-state index contributed by atoms with van der Waals surface area (Å²) in [5.74, 6) is 0.791. The third-order valence-electron chi connectivity index (χ3n) is 4.85. The largest absolute Gasteiger partial charge is 0.496 e. The van der Waals surface area contributed by atoms with Gasteiger partial charge in [0.1, 0.15) is 11.3 Å². The number of methoxy groups -OCH3 is 1. The number of rotatable bonds is 5. The number of hydrogen-bond acceptors (Lipinski definition) is 3. The van der Waals surface area contributed by atoms with E-state index in [1.54, 1.807) is 13.4 Å². The summed E-state index contributed by atoms with van der Waals surface area (Å²) in [6, 6.07) is 18.1. The number of hydrogen-bond donors (Lipinski definition) is 1. The van der Waals surface area contributed by atoms with Crippen LogP contribution in [-0.2, 0) is 17.8 Å². The van der Waals surface area contributed by atoms with Gasteiger partial charge in [-0.3, -0.25) is 4.79 Å². The average molecular weight is 359 g/mol. The Morgan fingerprint density at radius 1 is 1.11 bits per heavy atom. The van der Waals surface area contributed by atoms with Gasteiger partial charge in [0, 0.05) is 17.5 Å². The fourth-order valence-corrected chi connectivity index (χ4v) is 3.42. The SMILES string of the molecule is COc1cc(CNC(=O)Cc2coc3ccc4ccccc4c23)ccc1C. The van der Waals surface area contributed by atoms with Gasteiger partial charge in [-0.15, -0.1) is 0 Å². The second kappa shape index (κ2) is 7.16. The minimum Gasteiger partial charge on any atom is -0.496 e. The van der Waals surface area contributed by atoms with Crippen LogP contribution < -0.4 is 10.1 Å². The van der Waals surface area contributed by atoms with Gasteiger partial charge in [-0.05, 0) is 41.0 Å². The van der Waals surface area contributed by atoms with E-state index in [9.17, 15) is 4.79 Å². The third-order valence-corrected chi connectivity index (χ3v) is 4.85. The topological polar surface area (TPSA) is 51.5 Å². The number of carbonyl (C=O) groups excluding carboxylic acids is 1. The smallest absolute Gasteiger partial charge is 0.224 e. The van der Waals surface area contributed by atoms with E-state index >= 15 is 0 Å². The Labute approximate surface area is 157 Å². The van der Waals surface area contributed by atoms with Crippen LogP contribution in [0, 0.1) is 6.92 Å². The first kappa shape index (κ1) is 17.2. The summed E-state index contributed by atoms with van der Waals surface area (Å²) in [5.41, 5.74) is 3.79. The Morgan fingerprint density at radius 2 is 1.96 bits per heavy atom. The Balaban J connectivity index is 1.52. The van der Waals surface area contributed by atoms with Crippen LogP contribution in [0.5, 0.6) is 5.75 Å². The van der Waals surface area contributed by atoms with Gasteiger partial charge in [0.25, 0.3) is 0 Å². The second-order valence-electron chi connectivity index (χ2n) is 6.68. The van der Waals surface area contributed by atoms with E-state index in [1.807, 2.05) is 49.4 Å². The van der Waals surface area contributed by atoms with Crippen molar-refractivity contribution in [2.45, 2.75) is 19.9 Å². The van der Waals surface area contributed by atoms with Crippen LogP contribution >= 0.6 is 0 Å². The highest BCUT2D eigenvalue weighted by atomic mass is 16.5. The minimum atomic E-state index is -0.0369. The maximum absolute atomic E-state index is 12.5. The molecule has 136 valence electrons. The lowest BCUT2D eigenvalue weighted by Gasteiger charge is -2.09. The van der Waals surface area contributed by atoms with Gasteiger partial charge in [-0.25, -0.2) is 0 Å². The van der Waals surface area contributed by atoms with Crippen LogP contribution in [0.25, 0.3) is 21.7 Å². The summed E-state index contributed by atoms with van der Waals surface area (Å²) in [6.45, 7) is 2.46. The van der Waals surface area contributed by atoms with Gasteiger partial charge in [-0.1, -0.05) is 42.5 Å². The van der Waals surface area contributed by atoms with Crippen molar-refractivity contribution in [1.82, 2.24) is 5.32 Å². The number of benzene rings is 3. The van der Waals surface area contributed by atoms with Gasteiger partial charge in [0.2, 0.25) is 5.91 Å². The Bertz CT molecular complexity index is 1130. The van der Waals surface area contributed by atoms with Crippen LogP contribution in [0.3, 0.4) is 0 Å². The number of nitrogens with one attached hydrogen (secondary N) is 1. The lowest BCUT2D eigenvalue weighted by Crippen LogP contribution is -2.24. The molecule has 0 saturated heterocycles. The molecule has 0 saturated carbocycles. The minimum absolute atomic E-state index is 0.0369. The molecule has 4 heteroatoms. The van der Waals surface area contributed by atoms with Crippen molar-refractivity contribution in [1.29, 1.82) is 0 Å². The molecule has 0 aliphatic rings. The first-order valence-corrected chi connectivity index (χ1v) is 8.94. The van der Waals surface area contributed by atoms with Crippen molar-refractivity contribution in [3.05, 3.63) is 77.6 Å². The summed E-state index contributed by atoms with van der Waals surface area (Å²) in [4.78, 5) is 12.5. The zero-order valence-corrected chi connectivity index (χ0v) is 15.4. The normalized spacial score (nSPS) is 11.0. The molecule has 1 aromatic heterocycles. The fourth-order valence-electron chi connectivity index (χ4n) is 3.42. The predicted molar refractivity (Wildman–Crippen MR) is 107 cm³/mol. The standard InChI is InChI=1S/C23H21NO3/c1-15-7-8-16(11-21(15)26-2)13-24-22(25)12-18-14-27-20-10-9-17-5-3-4-6-19(17)23(18)20/h3-11,14H,12-13H2,1-2H3,(H,24,25). The van der Waals surface area contributed by atoms with Crippen molar-refractivity contribution in [3.63, 3.8) is 0 Å². The average Bonchev–Trinajstić information content (AvgIpc) is 3.10. The fraction of sp³-hybridized carbons (Fsp3) is 0.174. The molecule has 0 fully saturated rings. The predicted octanol–water partition coefficient (Wildman–Crippen LogP) is 4.76. The van der Waals surface area contributed by atoms with Crippen LogP contribution in [-0.4, -0.2) is 13.0 Å². The zero-order chi connectivity index (χ0) is 18.8. The van der Waals surface area contributed by atoms with Crippen molar-refractivity contribution in [2.75, 3.05) is 7.11 Å². The number of aryl methyl sites for hydroxylation is 1. The van der Waals surface area contributed by atoms with Crippen LogP contribution in [0.4, 0.5) is 0 Å². The van der Waals surface area contributed by atoms with E-state index in [1.165, 1.54) is 0 Å². The van der Waals surface area contributed by atoms with E-state index in [0.29, 0.717) is 6.54 Å². The molecule has 4 aromatic rings. The molecule has 1 amide bonds. The molecule has 4 rings (SSSR count). The quantitative estimate of drug-likeness (QED) is 0.559. The van der Waals surface area contributed by atoms with Crippen LogP contribution in [0.2, 0.25) is 0 Å². The molecule has 0 spiro atoms. The number of carbonyl (C=O) groups is 1. The molecular weight excluding hydrogens is 338 g/mol. The van der Waals surface area contributed by atoms with Gasteiger partial charge in [0.05, 0.1) is 19.8 Å². The number of fused-ring (bicyclic) bond motifs is 3. The van der Waals surface area contributed by atoms with Crippen molar-refractivity contribution >= 4 is 27.6 Å². The molecule has 0 bridgehead atoms. The molecule has 0 unspecified atom stereocenters. The van der Waals surface area contributed by atoms with Crippen LogP contribution in [0.1, 0.15) is 16.7 Å². The molecule has 3 aromatic carbocycles. The van der Waals surface area contributed by atoms with E-state index in [-0.39, 0.29) is 12.3 Å². The molecular formula is C23H21NO3. The Kier molecular flexibility index (Phi) is 4.55. The first-order valence-electron chi connectivity index (χ1n) is 8.94. The van der Waals surface area contributed by atoms with E-state index < -0.39 is 0 Å². The maximum Gasteiger partial charge on any atom is 0.224 e. The van der Waals surface area contributed by atoms with E-state index in [4.69, 9.17) is 9.15 Å². The molecule has 27 heavy (non-hydrogen) atoms. The second-order valence-corrected chi connectivity index (χ2v) is 6.68. The molecule has 0 atom stereocenters. The molecule has 1 heterocycles. The van der Waals surface area contributed by atoms with Crippen LogP contribution in [0.15, 0.2) is 65.3 Å². The highest BCUT2D eigenvalue weighted by Gasteiger charge is 2.13. The van der Waals surface area contributed by atoms with Gasteiger partial charge >= 0.3 is 0 Å². The summed E-state index contributed by atoms with van der Waals surface area (Å²) >= 11 is 0. The highest BCUT2D eigenvalue weighted by molar-refractivity contribution is 6.08. The zero-order valence-electron chi connectivity index (χ0n) is 15.4. The molecule has 4 nitrogen and oxygen atoms in total. The van der Waals surface area contributed by atoms with E-state index in [0.717, 1.165) is 44.2 Å². The Morgan fingerprint density at radius 3 is 2.81 bits per heavy atom. The highest BCUT2D eigenvalue weighted by Crippen LogP contribution is 2.30. The molecule has 1 N–H and O–H groups in total. The van der Waals surface area contributed by atoms with E-state index in [2.05, 4.69) is 17.4 Å². The lowest BCUT2D eigenvalue weighted by atomic mass is 10.0. The summed E-state index contributed by atoms with van der Waals surface area (Å²) in [7, 11) is 1.65. The number of ether oxygens (including phenoxy) is 1. The van der Waals surface area contributed by atoms with Crippen molar-refractivity contribution < 1.29 is 13.9 Å². The maximum atomic E-state index is 12.5. The third kappa shape index (κ3) is 3.38.